The fourth-order valence-electron chi connectivity index (χ4n) is 2.02. The van der Waals surface area contributed by atoms with Gasteiger partial charge >= 0.3 is 0 Å². The minimum atomic E-state index is -0.973. The zero-order valence-electron chi connectivity index (χ0n) is 10.5. The number of hydrogen-bond donors (Lipinski definition) is 2. The highest BCUT2D eigenvalue weighted by Crippen LogP contribution is 2.25. The van der Waals surface area contributed by atoms with Crippen LogP contribution in [0.4, 0.5) is 0 Å². The van der Waals surface area contributed by atoms with E-state index < -0.39 is 5.60 Å². The van der Waals surface area contributed by atoms with Crippen LogP contribution in [0, 0.1) is 0 Å². The first kappa shape index (κ1) is 15.0. The van der Waals surface area contributed by atoms with Crippen molar-refractivity contribution in [2.45, 2.75) is 25.0 Å². The molecule has 0 aliphatic carbocycles. The average Bonchev–Trinajstić information content (AvgIpc) is 2.66. The summed E-state index contributed by atoms with van der Waals surface area (Å²) >= 11 is 6.68. The van der Waals surface area contributed by atoms with Gasteiger partial charge in [0.2, 0.25) is 0 Å². The molecular weight excluding hydrogens is 378 g/mol. The van der Waals surface area contributed by atoms with E-state index in [1.54, 1.807) is 12.1 Å². The fraction of sp³-hybridized carbons (Fsp3) is 0.462. The molecule has 2 rings (SSSR count). The summed E-state index contributed by atoms with van der Waals surface area (Å²) in [4.78, 5) is 12.1. The van der Waals surface area contributed by atoms with Crippen molar-refractivity contribution in [2.24, 2.45) is 0 Å². The van der Waals surface area contributed by atoms with Crippen LogP contribution in [0.2, 0.25) is 0 Å². The molecule has 1 aliphatic rings. The molecule has 4 nitrogen and oxygen atoms in total. The van der Waals surface area contributed by atoms with Crippen LogP contribution < -0.4 is 5.32 Å². The third-order valence-corrected chi connectivity index (χ3v) is 4.26. The highest BCUT2D eigenvalue weighted by molar-refractivity contribution is 9.11. The molecule has 0 radical (unpaired) electrons. The highest BCUT2D eigenvalue weighted by atomic mass is 79.9. The van der Waals surface area contributed by atoms with E-state index in [0.29, 0.717) is 18.6 Å². The van der Waals surface area contributed by atoms with Crippen molar-refractivity contribution < 1.29 is 14.6 Å². The maximum Gasteiger partial charge on any atom is 0.251 e. The Morgan fingerprint density at radius 3 is 2.63 bits per heavy atom. The molecule has 1 aliphatic heterocycles. The Hall–Kier alpha value is -0.430. The zero-order valence-corrected chi connectivity index (χ0v) is 13.6. The van der Waals surface area contributed by atoms with Crippen LogP contribution in [0.15, 0.2) is 27.1 Å². The Balaban J connectivity index is 2.01. The standard InChI is InChI=1S/C13H15Br2NO3/c1-8-13(18,2-3-19-8)7-16-12(17)9-4-10(14)6-11(15)5-9/h4-6,8,18H,2-3,7H2,1H3,(H,16,17). The van der Waals surface area contributed by atoms with Crippen LogP contribution in [0.25, 0.3) is 0 Å². The van der Waals surface area contributed by atoms with Crippen LogP contribution >= 0.6 is 31.9 Å². The summed E-state index contributed by atoms with van der Waals surface area (Å²) in [6, 6.07) is 5.33. The number of aliphatic hydroxyl groups is 1. The van der Waals surface area contributed by atoms with Crippen LogP contribution in [-0.4, -0.2) is 35.9 Å². The first-order valence-corrected chi connectivity index (χ1v) is 7.57. The van der Waals surface area contributed by atoms with E-state index in [9.17, 15) is 9.90 Å². The highest BCUT2D eigenvalue weighted by Gasteiger charge is 2.39. The molecule has 1 saturated heterocycles. The van der Waals surface area contributed by atoms with Gasteiger partial charge in [-0.1, -0.05) is 31.9 Å². The average molecular weight is 393 g/mol. The van der Waals surface area contributed by atoms with Crippen molar-refractivity contribution in [3.05, 3.63) is 32.7 Å². The Morgan fingerprint density at radius 1 is 1.47 bits per heavy atom. The Labute approximate surface area is 128 Å². The molecule has 2 unspecified atom stereocenters. The molecule has 6 heteroatoms. The van der Waals surface area contributed by atoms with Gasteiger partial charge in [-0.05, 0) is 25.1 Å². The predicted octanol–water partition coefficient (Wildman–Crippen LogP) is 2.48. The molecule has 1 aromatic carbocycles. The summed E-state index contributed by atoms with van der Waals surface area (Å²) < 4.78 is 6.97. The number of ether oxygens (including phenoxy) is 1. The molecule has 1 amide bonds. The van der Waals surface area contributed by atoms with Gasteiger partial charge in [0.1, 0.15) is 5.60 Å². The minimum absolute atomic E-state index is 0.192. The van der Waals surface area contributed by atoms with E-state index in [1.807, 2.05) is 13.0 Å². The lowest BCUT2D eigenvalue weighted by Gasteiger charge is -2.26. The van der Waals surface area contributed by atoms with Crippen LogP contribution in [-0.2, 0) is 4.74 Å². The third-order valence-electron chi connectivity index (χ3n) is 3.34. The second kappa shape index (κ2) is 5.91. The molecule has 1 fully saturated rings. The molecule has 1 aromatic rings. The minimum Gasteiger partial charge on any atom is -0.385 e. The van der Waals surface area contributed by atoms with Gasteiger partial charge in [-0.25, -0.2) is 0 Å². The van der Waals surface area contributed by atoms with Crippen LogP contribution in [0.3, 0.4) is 0 Å². The van der Waals surface area contributed by atoms with E-state index in [2.05, 4.69) is 37.2 Å². The van der Waals surface area contributed by atoms with Gasteiger partial charge in [-0.3, -0.25) is 4.79 Å². The van der Waals surface area contributed by atoms with Crippen LogP contribution in [0.1, 0.15) is 23.7 Å². The summed E-state index contributed by atoms with van der Waals surface area (Å²) in [7, 11) is 0. The SMILES string of the molecule is CC1OCCC1(O)CNC(=O)c1cc(Br)cc(Br)c1. The molecule has 0 aromatic heterocycles. The van der Waals surface area contributed by atoms with Crippen LogP contribution in [0.5, 0.6) is 0 Å². The summed E-state index contributed by atoms with van der Waals surface area (Å²) in [6.07, 6.45) is 0.276. The number of benzene rings is 1. The molecule has 1 heterocycles. The number of carbonyl (C=O) groups excluding carboxylic acids is 1. The molecule has 0 spiro atoms. The molecule has 104 valence electrons. The molecule has 0 saturated carbocycles. The topological polar surface area (TPSA) is 58.6 Å². The summed E-state index contributed by atoms with van der Waals surface area (Å²) in [5.74, 6) is -0.213. The molecule has 19 heavy (non-hydrogen) atoms. The van der Waals surface area contributed by atoms with E-state index in [4.69, 9.17) is 4.74 Å². The van der Waals surface area contributed by atoms with E-state index in [0.717, 1.165) is 8.95 Å². The lowest BCUT2D eigenvalue weighted by molar-refractivity contribution is -0.0251. The number of amides is 1. The fourth-order valence-corrected chi connectivity index (χ4v) is 3.32. The van der Waals surface area contributed by atoms with Gasteiger partial charge < -0.3 is 15.2 Å². The van der Waals surface area contributed by atoms with Gasteiger partial charge in [-0.15, -0.1) is 0 Å². The quantitative estimate of drug-likeness (QED) is 0.830. The monoisotopic (exact) mass is 391 g/mol. The number of nitrogens with one attached hydrogen (secondary N) is 1. The molecule has 0 bridgehead atoms. The number of carbonyl (C=O) groups is 1. The largest absolute Gasteiger partial charge is 0.385 e. The lowest BCUT2D eigenvalue weighted by atomic mass is 9.96. The van der Waals surface area contributed by atoms with Crippen molar-refractivity contribution in [2.75, 3.05) is 13.2 Å². The van der Waals surface area contributed by atoms with Crippen molar-refractivity contribution in [1.82, 2.24) is 5.32 Å². The normalized spacial score (nSPS) is 26.4. The van der Waals surface area contributed by atoms with Crippen molar-refractivity contribution >= 4 is 37.8 Å². The Kier molecular flexibility index (Phi) is 4.66. The molecule has 2 N–H and O–H groups in total. The van der Waals surface area contributed by atoms with Crippen molar-refractivity contribution in [1.29, 1.82) is 0 Å². The van der Waals surface area contributed by atoms with E-state index in [-0.39, 0.29) is 18.6 Å². The van der Waals surface area contributed by atoms with Crippen molar-refractivity contribution in [3.8, 4) is 0 Å². The van der Waals surface area contributed by atoms with Crippen molar-refractivity contribution in [3.63, 3.8) is 0 Å². The second-order valence-corrected chi connectivity index (χ2v) is 6.54. The lowest BCUT2D eigenvalue weighted by Crippen LogP contribution is -2.47. The maximum absolute atomic E-state index is 12.1. The molecular formula is C13H15Br2NO3. The second-order valence-electron chi connectivity index (χ2n) is 4.71. The van der Waals surface area contributed by atoms with Gasteiger partial charge in [0.05, 0.1) is 6.10 Å². The summed E-state index contributed by atoms with van der Waals surface area (Å²) in [5, 5.41) is 13.1. The maximum atomic E-state index is 12.1. The smallest absolute Gasteiger partial charge is 0.251 e. The van der Waals surface area contributed by atoms with Gasteiger partial charge in [0.25, 0.3) is 5.91 Å². The number of halogens is 2. The summed E-state index contributed by atoms with van der Waals surface area (Å²) in [6.45, 7) is 2.53. The first-order valence-electron chi connectivity index (χ1n) is 5.99. The third kappa shape index (κ3) is 3.56. The van der Waals surface area contributed by atoms with E-state index >= 15 is 0 Å². The molecule has 2 atom stereocenters. The zero-order chi connectivity index (χ0) is 14.0. The number of rotatable bonds is 3. The first-order chi connectivity index (χ1) is 8.90. The number of hydrogen-bond acceptors (Lipinski definition) is 3. The van der Waals surface area contributed by atoms with Gasteiger partial charge in [0.15, 0.2) is 0 Å². The van der Waals surface area contributed by atoms with E-state index in [1.165, 1.54) is 0 Å². The Morgan fingerprint density at radius 2 is 2.11 bits per heavy atom. The summed E-state index contributed by atoms with van der Waals surface area (Å²) in [5.41, 5.74) is -0.435. The van der Waals surface area contributed by atoms with Gasteiger partial charge in [-0.2, -0.15) is 0 Å². The predicted molar refractivity (Wildman–Crippen MR) is 79.2 cm³/mol. The van der Waals surface area contributed by atoms with Gasteiger partial charge in [0, 0.05) is 34.1 Å². The Bertz CT molecular complexity index is 475.